The van der Waals surface area contributed by atoms with E-state index < -0.39 is 30.1 Å². The molecule has 4 aromatic rings. The van der Waals surface area contributed by atoms with Crippen LogP contribution in [-0.2, 0) is 23.0 Å². The number of anilines is 1. The summed E-state index contributed by atoms with van der Waals surface area (Å²) in [6, 6.07) is 24.1. The molecule has 0 aliphatic carbocycles. The number of nitrogens with one attached hydrogen (secondary N) is 2. The zero-order valence-corrected chi connectivity index (χ0v) is 21.9. The first-order valence-corrected chi connectivity index (χ1v) is 12.5. The van der Waals surface area contributed by atoms with E-state index in [4.69, 9.17) is 4.74 Å². The summed E-state index contributed by atoms with van der Waals surface area (Å²) in [5, 5.41) is 19.5. The summed E-state index contributed by atoms with van der Waals surface area (Å²) in [5.41, 5.74) is 4.38. The lowest BCUT2D eigenvalue weighted by Gasteiger charge is -2.15. The number of benzene rings is 3. The second kappa shape index (κ2) is 12.1. The predicted molar refractivity (Wildman–Crippen MR) is 147 cm³/mol. The maximum absolute atomic E-state index is 12.8. The van der Waals surface area contributed by atoms with Gasteiger partial charge in [-0.1, -0.05) is 72.8 Å². The van der Waals surface area contributed by atoms with E-state index in [1.807, 2.05) is 67.6 Å². The quantitative estimate of drug-likeness (QED) is 0.278. The topological polar surface area (TPSA) is 123 Å². The minimum absolute atomic E-state index is 0.168. The van der Waals surface area contributed by atoms with Crippen molar-refractivity contribution in [3.63, 3.8) is 0 Å². The summed E-state index contributed by atoms with van der Waals surface area (Å²) in [7, 11) is 1.77. The highest BCUT2D eigenvalue weighted by molar-refractivity contribution is 5.97. The van der Waals surface area contributed by atoms with Gasteiger partial charge in [-0.25, -0.2) is 9.59 Å². The monoisotopic (exact) mass is 526 g/mol. The number of aliphatic carboxylic acids is 1. The Bertz CT molecular complexity index is 1450. The number of amides is 2. The van der Waals surface area contributed by atoms with Crippen molar-refractivity contribution in [1.29, 1.82) is 0 Å². The molecule has 0 saturated heterocycles. The fraction of sp³-hybridized carbons (Fsp3) is 0.200. The highest BCUT2D eigenvalue weighted by atomic mass is 16.6. The molecule has 0 bridgehead atoms. The van der Waals surface area contributed by atoms with Gasteiger partial charge >= 0.3 is 12.1 Å². The fourth-order valence-corrected chi connectivity index (χ4v) is 4.11. The molecule has 39 heavy (non-hydrogen) atoms. The summed E-state index contributed by atoms with van der Waals surface area (Å²) in [6.07, 6.45) is -0.889. The molecule has 0 saturated carbocycles. The van der Waals surface area contributed by atoms with Gasteiger partial charge in [0.1, 0.15) is 17.8 Å². The van der Waals surface area contributed by atoms with Crippen LogP contribution in [-0.4, -0.2) is 38.9 Å². The number of carboxylic acids is 1. The largest absolute Gasteiger partial charge is 0.480 e. The molecule has 4 rings (SSSR count). The molecule has 9 heteroatoms. The van der Waals surface area contributed by atoms with E-state index in [0.29, 0.717) is 22.5 Å². The van der Waals surface area contributed by atoms with Crippen molar-refractivity contribution in [2.24, 2.45) is 7.05 Å². The molecule has 1 aromatic heterocycles. The lowest BCUT2D eigenvalue weighted by Crippen LogP contribution is -2.42. The lowest BCUT2D eigenvalue weighted by atomic mass is 10.0. The summed E-state index contributed by atoms with van der Waals surface area (Å²) < 4.78 is 7.20. The van der Waals surface area contributed by atoms with Gasteiger partial charge in [0.2, 0.25) is 0 Å². The van der Waals surface area contributed by atoms with Crippen molar-refractivity contribution in [2.75, 3.05) is 5.32 Å². The van der Waals surface area contributed by atoms with Crippen LogP contribution in [0.25, 0.3) is 11.3 Å². The van der Waals surface area contributed by atoms with Gasteiger partial charge in [-0.15, -0.1) is 0 Å². The standard InChI is InChI=1S/C30H30N4O5/c1-19-26(32-30(38)39-20(2)22-12-8-5-9-13-22)27(33-34(19)3)23-14-16-24(17-15-23)28(35)31-25(29(36)37)18-21-10-6-4-7-11-21/h4-17,20,25H,18H2,1-3H3,(H,31,35)(H,32,38)(H,36,37). The van der Waals surface area contributed by atoms with Crippen LogP contribution in [0.3, 0.4) is 0 Å². The first kappa shape index (κ1) is 27.1. The van der Waals surface area contributed by atoms with E-state index in [-0.39, 0.29) is 6.42 Å². The fourth-order valence-electron chi connectivity index (χ4n) is 4.11. The van der Waals surface area contributed by atoms with Crippen LogP contribution in [0.5, 0.6) is 0 Å². The maximum atomic E-state index is 12.8. The SMILES string of the molecule is Cc1c(NC(=O)OC(C)c2ccccc2)c(-c2ccc(C(=O)NC(Cc3ccccc3)C(=O)O)cc2)nn1C. The van der Waals surface area contributed by atoms with Crippen molar-refractivity contribution in [3.8, 4) is 11.3 Å². The number of rotatable bonds is 9. The zero-order valence-electron chi connectivity index (χ0n) is 21.9. The third-order valence-corrected chi connectivity index (χ3v) is 6.42. The van der Waals surface area contributed by atoms with Gasteiger partial charge in [-0.2, -0.15) is 5.10 Å². The minimum atomic E-state index is -1.11. The maximum Gasteiger partial charge on any atom is 0.412 e. The van der Waals surface area contributed by atoms with Gasteiger partial charge in [0.05, 0.1) is 11.4 Å². The summed E-state index contributed by atoms with van der Waals surface area (Å²) in [6.45, 7) is 3.62. The predicted octanol–water partition coefficient (Wildman–Crippen LogP) is 5.13. The molecular formula is C30H30N4O5. The highest BCUT2D eigenvalue weighted by Crippen LogP contribution is 2.30. The Morgan fingerprint density at radius 3 is 2.18 bits per heavy atom. The summed E-state index contributed by atoms with van der Waals surface area (Å²) in [4.78, 5) is 37.3. The Balaban J connectivity index is 1.47. The molecule has 0 aliphatic rings. The summed E-state index contributed by atoms with van der Waals surface area (Å²) >= 11 is 0. The van der Waals surface area contributed by atoms with Gasteiger partial charge in [-0.3, -0.25) is 14.8 Å². The molecule has 3 N–H and O–H groups in total. The van der Waals surface area contributed by atoms with Gasteiger partial charge in [0.15, 0.2) is 0 Å². The van der Waals surface area contributed by atoms with Gasteiger partial charge in [0.25, 0.3) is 5.91 Å². The number of aromatic nitrogens is 2. The average molecular weight is 527 g/mol. The molecule has 0 radical (unpaired) electrons. The average Bonchev–Trinajstić information content (AvgIpc) is 3.22. The van der Waals surface area contributed by atoms with E-state index in [9.17, 15) is 19.5 Å². The van der Waals surface area contributed by atoms with Crippen molar-refractivity contribution in [3.05, 3.63) is 107 Å². The van der Waals surface area contributed by atoms with Crippen LogP contribution in [0.15, 0.2) is 84.9 Å². The van der Waals surface area contributed by atoms with Gasteiger partial charge in [-0.05, 0) is 37.1 Å². The van der Waals surface area contributed by atoms with E-state index in [1.165, 1.54) is 0 Å². The third kappa shape index (κ3) is 6.70. The van der Waals surface area contributed by atoms with Crippen molar-refractivity contribution in [1.82, 2.24) is 15.1 Å². The Hall–Kier alpha value is -4.92. The van der Waals surface area contributed by atoms with Crippen molar-refractivity contribution < 1.29 is 24.2 Å². The van der Waals surface area contributed by atoms with Crippen LogP contribution < -0.4 is 10.6 Å². The molecule has 0 spiro atoms. The molecule has 2 unspecified atom stereocenters. The second-order valence-electron chi connectivity index (χ2n) is 9.15. The number of hydrogen-bond acceptors (Lipinski definition) is 5. The number of nitrogens with zero attached hydrogens (tertiary/aromatic N) is 2. The molecular weight excluding hydrogens is 496 g/mol. The molecule has 2 amide bonds. The third-order valence-electron chi connectivity index (χ3n) is 6.42. The molecule has 0 aliphatic heterocycles. The first-order chi connectivity index (χ1) is 18.7. The number of aryl methyl sites for hydroxylation is 1. The Kier molecular flexibility index (Phi) is 8.40. The lowest BCUT2D eigenvalue weighted by molar-refractivity contribution is -0.139. The van der Waals surface area contributed by atoms with Crippen LogP contribution in [0.2, 0.25) is 0 Å². The van der Waals surface area contributed by atoms with E-state index in [0.717, 1.165) is 16.8 Å². The first-order valence-electron chi connectivity index (χ1n) is 12.5. The number of carbonyl (C=O) groups is 3. The smallest absolute Gasteiger partial charge is 0.412 e. The van der Waals surface area contributed by atoms with Gasteiger partial charge in [0, 0.05) is 24.6 Å². The van der Waals surface area contributed by atoms with Crippen LogP contribution in [0.4, 0.5) is 10.5 Å². The molecule has 9 nitrogen and oxygen atoms in total. The van der Waals surface area contributed by atoms with E-state index in [1.54, 1.807) is 42.9 Å². The van der Waals surface area contributed by atoms with Crippen LogP contribution >= 0.6 is 0 Å². The Morgan fingerprint density at radius 2 is 1.56 bits per heavy atom. The molecule has 200 valence electrons. The van der Waals surface area contributed by atoms with Crippen LogP contribution in [0, 0.1) is 6.92 Å². The minimum Gasteiger partial charge on any atom is -0.480 e. The number of ether oxygens (including phenoxy) is 1. The van der Waals surface area contributed by atoms with Gasteiger partial charge < -0.3 is 15.2 Å². The zero-order chi connectivity index (χ0) is 27.9. The molecule has 3 aromatic carbocycles. The van der Waals surface area contributed by atoms with Crippen molar-refractivity contribution in [2.45, 2.75) is 32.4 Å². The highest BCUT2D eigenvalue weighted by Gasteiger charge is 2.22. The van der Waals surface area contributed by atoms with Crippen molar-refractivity contribution >= 4 is 23.7 Å². The normalized spacial score (nSPS) is 12.3. The van der Waals surface area contributed by atoms with E-state index in [2.05, 4.69) is 15.7 Å². The Labute approximate surface area is 226 Å². The Morgan fingerprint density at radius 1 is 0.949 bits per heavy atom. The molecule has 1 heterocycles. The summed E-state index contributed by atoms with van der Waals surface area (Å²) in [5.74, 6) is -1.61. The second-order valence-corrected chi connectivity index (χ2v) is 9.15. The number of hydrogen-bond donors (Lipinski definition) is 3. The number of carboxylic acid groups (broad SMARTS) is 1. The molecule has 2 atom stereocenters. The van der Waals surface area contributed by atoms with E-state index >= 15 is 0 Å². The molecule has 0 fully saturated rings. The van der Waals surface area contributed by atoms with Crippen LogP contribution in [0.1, 0.15) is 40.2 Å². The number of carbonyl (C=O) groups excluding carboxylic acids is 2.